The number of ether oxygens (including phenoxy) is 1. The summed E-state index contributed by atoms with van der Waals surface area (Å²) in [6.45, 7) is -2.04. The standard InChI is InChI=1S/C13H14ClF2N3O/c1-19-7-9(18-8-19)5-17-6-10-11(14)3-2-4-12(10)20-13(15)16/h2-4,7-8,13,17H,5-6H2,1H3. The van der Waals surface area contributed by atoms with Gasteiger partial charge in [0.2, 0.25) is 0 Å². The van der Waals surface area contributed by atoms with Gasteiger partial charge in [0.15, 0.2) is 0 Å². The first-order valence-electron chi connectivity index (χ1n) is 5.96. The molecule has 1 N–H and O–H groups in total. The molecule has 0 aliphatic carbocycles. The van der Waals surface area contributed by atoms with Crippen molar-refractivity contribution >= 4 is 11.6 Å². The second-order valence-electron chi connectivity index (χ2n) is 4.23. The summed E-state index contributed by atoms with van der Waals surface area (Å²) in [7, 11) is 1.87. The second kappa shape index (κ2) is 6.67. The van der Waals surface area contributed by atoms with E-state index in [1.165, 1.54) is 6.07 Å². The van der Waals surface area contributed by atoms with E-state index in [1.54, 1.807) is 18.5 Å². The summed E-state index contributed by atoms with van der Waals surface area (Å²) in [6.07, 6.45) is 3.56. The molecular formula is C13H14ClF2N3O. The zero-order chi connectivity index (χ0) is 14.5. The van der Waals surface area contributed by atoms with Crippen LogP contribution in [0.3, 0.4) is 0 Å². The number of halogens is 3. The second-order valence-corrected chi connectivity index (χ2v) is 4.64. The van der Waals surface area contributed by atoms with Gasteiger partial charge in [0.25, 0.3) is 0 Å². The Bertz CT molecular complexity index is 574. The molecule has 0 saturated heterocycles. The number of hydrogen-bond acceptors (Lipinski definition) is 3. The number of rotatable bonds is 6. The molecule has 20 heavy (non-hydrogen) atoms. The number of alkyl halides is 2. The number of aryl methyl sites for hydroxylation is 1. The highest BCUT2D eigenvalue weighted by atomic mass is 35.5. The fourth-order valence-electron chi connectivity index (χ4n) is 1.79. The van der Waals surface area contributed by atoms with Crippen molar-refractivity contribution in [2.75, 3.05) is 0 Å². The van der Waals surface area contributed by atoms with Crippen LogP contribution in [0.4, 0.5) is 8.78 Å². The molecule has 1 aromatic heterocycles. The van der Waals surface area contributed by atoms with Crippen molar-refractivity contribution in [2.24, 2.45) is 7.05 Å². The molecule has 7 heteroatoms. The normalized spacial score (nSPS) is 11.1. The molecule has 0 saturated carbocycles. The molecule has 0 radical (unpaired) electrons. The molecule has 0 fully saturated rings. The van der Waals surface area contributed by atoms with E-state index in [0.29, 0.717) is 23.7 Å². The number of aromatic nitrogens is 2. The topological polar surface area (TPSA) is 39.1 Å². The molecule has 0 atom stereocenters. The van der Waals surface area contributed by atoms with E-state index in [1.807, 2.05) is 17.8 Å². The fraction of sp³-hybridized carbons (Fsp3) is 0.308. The van der Waals surface area contributed by atoms with Gasteiger partial charge in [-0.2, -0.15) is 8.78 Å². The Hall–Kier alpha value is -1.66. The Balaban J connectivity index is 2.01. The van der Waals surface area contributed by atoms with Crippen molar-refractivity contribution in [3.63, 3.8) is 0 Å². The minimum absolute atomic E-state index is 0.0843. The van der Waals surface area contributed by atoms with Crippen molar-refractivity contribution in [3.05, 3.63) is 47.0 Å². The monoisotopic (exact) mass is 301 g/mol. The molecule has 1 heterocycles. The van der Waals surface area contributed by atoms with Gasteiger partial charge in [-0.25, -0.2) is 4.98 Å². The van der Waals surface area contributed by atoms with Gasteiger partial charge in [-0.3, -0.25) is 0 Å². The van der Waals surface area contributed by atoms with Crippen LogP contribution >= 0.6 is 11.6 Å². The lowest BCUT2D eigenvalue weighted by molar-refractivity contribution is -0.0504. The first-order chi connectivity index (χ1) is 9.56. The first-order valence-corrected chi connectivity index (χ1v) is 6.34. The third-order valence-corrected chi connectivity index (χ3v) is 3.01. The minimum atomic E-state index is -2.87. The summed E-state index contributed by atoms with van der Waals surface area (Å²) in [4.78, 5) is 4.16. The van der Waals surface area contributed by atoms with E-state index in [4.69, 9.17) is 11.6 Å². The van der Waals surface area contributed by atoms with Gasteiger partial charge in [-0.05, 0) is 12.1 Å². The minimum Gasteiger partial charge on any atom is -0.434 e. The van der Waals surface area contributed by atoms with Gasteiger partial charge in [0, 0.05) is 36.9 Å². The summed E-state index contributed by atoms with van der Waals surface area (Å²) >= 11 is 6.01. The largest absolute Gasteiger partial charge is 0.434 e. The van der Waals surface area contributed by atoms with Gasteiger partial charge in [-0.1, -0.05) is 17.7 Å². The van der Waals surface area contributed by atoms with Crippen molar-refractivity contribution in [2.45, 2.75) is 19.7 Å². The zero-order valence-corrected chi connectivity index (χ0v) is 11.6. The lowest BCUT2D eigenvalue weighted by atomic mass is 10.2. The maximum atomic E-state index is 12.3. The lowest BCUT2D eigenvalue weighted by Gasteiger charge is -2.12. The van der Waals surface area contributed by atoms with Gasteiger partial charge in [-0.15, -0.1) is 0 Å². The third kappa shape index (κ3) is 3.91. The third-order valence-electron chi connectivity index (χ3n) is 2.66. The molecule has 0 amide bonds. The summed E-state index contributed by atoms with van der Waals surface area (Å²) in [5.41, 5.74) is 1.36. The molecule has 0 aliphatic rings. The number of hydrogen-bond donors (Lipinski definition) is 1. The molecule has 1 aromatic carbocycles. The molecule has 0 bridgehead atoms. The predicted molar refractivity (Wildman–Crippen MR) is 71.8 cm³/mol. The Kier molecular flexibility index (Phi) is 4.92. The van der Waals surface area contributed by atoms with Crippen molar-refractivity contribution in [3.8, 4) is 5.75 Å². The highest BCUT2D eigenvalue weighted by molar-refractivity contribution is 6.31. The Morgan fingerprint density at radius 3 is 2.85 bits per heavy atom. The lowest BCUT2D eigenvalue weighted by Crippen LogP contribution is -2.15. The van der Waals surface area contributed by atoms with E-state index in [9.17, 15) is 8.78 Å². The van der Waals surface area contributed by atoms with E-state index in [0.717, 1.165) is 5.69 Å². The zero-order valence-electron chi connectivity index (χ0n) is 10.8. The van der Waals surface area contributed by atoms with Crippen molar-refractivity contribution < 1.29 is 13.5 Å². The number of nitrogens with zero attached hydrogens (tertiary/aromatic N) is 2. The van der Waals surface area contributed by atoms with Gasteiger partial charge >= 0.3 is 6.61 Å². The molecule has 4 nitrogen and oxygen atoms in total. The van der Waals surface area contributed by atoms with Crippen LogP contribution < -0.4 is 10.1 Å². The summed E-state index contributed by atoms with van der Waals surface area (Å²) in [5, 5.41) is 3.49. The molecule has 0 spiro atoms. The predicted octanol–water partition coefficient (Wildman–Crippen LogP) is 2.96. The van der Waals surface area contributed by atoms with Crippen LogP contribution in [0, 0.1) is 0 Å². The van der Waals surface area contributed by atoms with Crippen LogP contribution in [0.2, 0.25) is 5.02 Å². The highest BCUT2D eigenvalue weighted by Crippen LogP contribution is 2.27. The summed E-state index contributed by atoms with van der Waals surface area (Å²) in [6, 6.07) is 4.68. The molecule has 0 aliphatic heterocycles. The molecule has 2 rings (SSSR count). The molecule has 2 aromatic rings. The maximum absolute atomic E-state index is 12.3. The maximum Gasteiger partial charge on any atom is 0.387 e. The van der Waals surface area contributed by atoms with Crippen LogP contribution in [-0.4, -0.2) is 16.2 Å². The highest BCUT2D eigenvalue weighted by Gasteiger charge is 2.12. The number of imidazole rings is 1. The van der Waals surface area contributed by atoms with Crippen molar-refractivity contribution in [1.82, 2.24) is 14.9 Å². The number of nitrogens with one attached hydrogen (secondary N) is 1. The summed E-state index contributed by atoms with van der Waals surface area (Å²) in [5.74, 6) is 0.0843. The van der Waals surface area contributed by atoms with Crippen LogP contribution in [0.25, 0.3) is 0 Å². The number of benzene rings is 1. The Labute approximate surface area is 120 Å². The average Bonchev–Trinajstić information content (AvgIpc) is 2.78. The van der Waals surface area contributed by atoms with Gasteiger partial charge < -0.3 is 14.6 Å². The van der Waals surface area contributed by atoms with Gasteiger partial charge in [0.05, 0.1) is 12.0 Å². The molecule has 108 valence electrons. The average molecular weight is 302 g/mol. The van der Waals surface area contributed by atoms with Crippen LogP contribution in [0.1, 0.15) is 11.3 Å². The van der Waals surface area contributed by atoms with Crippen LogP contribution in [-0.2, 0) is 20.1 Å². The van der Waals surface area contributed by atoms with E-state index in [-0.39, 0.29) is 5.75 Å². The van der Waals surface area contributed by atoms with E-state index in [2.05, 4.69) is 15.0 Å². The SMILES string of the molecule is Cn1cnc(CNCc2c(Cl)cccc2OC(F)F)c1. The quantitative estimate of drug-likeness (QED) is 0.891. The van der Waals surface area contributed by atoms with Crippen LogP contribution in [0.15, 0.2) is 30.7 Å². The van der Waals surface area contributed by atoms with E-state index >= 15 is 0 Å². The Morgan fingerprint density at radius 1 is 1.40 bits per heavy atom. The first kappa shape index (κ1) is 14.7. The summed E-state index contributed by atoms with van der Waals surface area (Å²) < 4.78 is 30.9. The van der Waals surface area contributed by atoms with Crippen LogP contribution in [0.5, 0.6) is 5.75 Å². The van der Waals surface area contributed by atoms with E-state index < -0.39 is 6.61 Å². The Morgan fingerprint density at radius 2 is 2.20 bits per heavy atom. The smallest absolute Gasteiger partial charge is 0.387 e. The fourth-order valence-corrected chi connectivity index (χ4v) is 2.02. The van der Waals surface area contributed by atoms with Gasteiger partial charge in [0.1, 0.15) is 5.75 Å². The molecule has 0 unspecified atom stereocenters. The van der Waals surface area contributed by atoms with Crippen molar-refractivity contribution in [1.29, 1.82) is 0 Å². The molecular weight excluding hydrogens is 288 g/mol.